The minimum absolute atomic E-state index is 0.137. The van der Waals surface area contributed by atoms with Crippen molar-refractivity contribution >= 4 is 22.8 Å². The van der Waals surface area contributed by atoms with Crippen LogP contribution < -0.4 is 0 Å². The average molecular weight is 435 g/mol. The first kappa shape index (κ1) is 24.4. The number of benzene rings is 1. The van der Waals surface area contributed by atoms with Crippen LogP contribution in [0, 0.1) is 17.2 Å². The molecule has 4 heteroatoms. The summed E-state index contributed by atoms with van der Waals surface area (Å²) in [5.41, 5.74) is 6.64. The fourth-order valence-electron chi connectivity index (χ4n) is 4.87. The molecule has 1 aromatic rings. The zero-order valence-corrected chi connectivity index (χ0v) is 20.9. The van der Waals surface area contributed by atoms with E-state index in [0.29, 0.717) is 11.6 Å². The molecule has 0 bridgehead atoms. The van der Waals surface area contributed by atoms with E-state index in [1.807, 2.05) is 0 Å². The molecule has 2 aliphatic rings. The number of allylic oxidation sites excluding steroid dienone is 3. The third kappa shape index (κ3) is 5.40. The van der Waals surface area contributed by atoms with E-state index in [1.54, 1.807) is 0 Å². The smallest absolute Gasteiger partial charge is 0.150 e. The Kier molecular flexibility index (Phi) is 8.47. The summed E-state index contributed by atoms with van der Waals surface area (Å²) in [7, 11) is 2.17. The summed E-state index contributed by atoms with van der Waals surface area (Å²) >= 11 is 0. The standard InChI is InChI=1S/C28H42N4/c1-7-9-10-12-23-19-24-14-13-22(11-8-2)25(20(3)4)27(24)30-28(26(29)21(23)5)32-17-15-31(6)16-18-32/h10,12-14,21,23,29H,3,7-9,11,15-19H2,1-2,4-6H3/b12-10+,29-26?,30-28?. The number of rotatable bonds is 6. The number of nitrogens with zero attached hydrogens (tertiary/aromatic N) is 3. The van der Waals surface area contributed by atoms with Gasteiger partial charge in [-0.2, -0.15) is 0 Å². The predicted molar refractivity (Wildman–Crippen MR) is 139 cm³/mol. The van der Waals surface area contributed by atoms with Crippen molar-refractivity contribution in [3.63, 3.8) is 0 Å². The van der Waals surface area contributed by atoms with Gasteiger partial charge in [0.2, 0.25) is 0 Å². The van der Waals surface area contributed by atoms with Crippen molar-refractivity contribution in [1.82, 2.24) is 9.80 Å². The second-order valence-electron chi connectivity index (χ2n) is 9.65. The molecular formula is C28H42N4. The van der Waals surface area contributed by atoms with Gasteiger partial charge >= 0.3 is 0 Å². The maximum absolute atomic E-state index is 9.20. The van der Waals surface area contributed by atoms with Crippen molar-refractivity contribution in [3.8, 4) is 0 Å². The average Bonchev–Trinajstić information content (AvgIpc) is 2.77. The predicted octanol–water partition coefficient (Wildman–Crippen LogP) is 6.13. The minimum atomic E-state index is 0.137. The first-order chi connectivity index (χ1) is 15.4. The largest absolute Gasteiger partial charge is 0.353 e. The summed E-state index contributed by atoms with van der Waals surface area (Å²) in [4.78, 5) is 9.99. The van der Waals surface area contributed by atoms with Crippen LogP contribution in [0.25, 0.3) is 5.57 Å². The van der Waals surface area contributed by atoms with E-state index in [2.05, 4.69) is 75.4 Å². The van der Waals surface area contributed by atoms with E-state index < -0.39 is 0 Å². The molecule has 1 N–H and O–H groups in total. The lowest BCUT2D eigenvalue weighted by molar-refractivity contribution is 0.216. The Bertz CT molecular complexity index is 887. The highest BCUT2D eigenvalue weighted by Gasteiger charge is 2.31. The summed E-state index contributed by atoms with van der Waals surface area (Å²) < 4.78 is 0. The lowest BCUT2D eigenvalue weighted by Crippen LogP contribution is -2.50. The molecule has 1 saturated heterocycles. The molecule has 174 valence electrons. The van der Waals surface area contributed by atoms with Crippen molar-refractivity contribution in [1.29, 1.82) is 5.41 Å². The Morgan fingerprint density at radius 3 is 2.53 bits per heavy atom. The van der Waals surface area contributed by atoms with Crippen LogP contribution in [0.5, 0.6) is 0 Å². The first-order valence-electron chi connectivity index (χ1n) is 12.5. The van der Waals surface area contributed by atoms with Crippen LogP contribution in [0.1, 0.15) is 63.6 Å². The molecule has 3 rings (SSSR count). The van der Waals surface area contributed by atoms with Gasteiger partial charge in [-0.05, 0) is 55.9 Å². The molecule has 1 fully saturated rings. The van der Waals surface area contributed by atoms with Gasteiger partial charge in [0.15, 0.2) is 5.84 Å². The molecule has 0 radical (unpaired) electrons. The molecule has 32 heavy (non-hydrogen) atoms. The molecule has 0 spiro atoms. The second kappa shape index (κ2) is 11.1. The number of piperazine rings is 1. The summed E-state index contributed by atoms with van der Waals surface area (Å²) in [5, 5.41) is 9.20. The van der Waals surface area contributed by atoms with E-state index in [4.69, 9.17) is 4.99 Å². The van der Waals surface area contributed by atoms with E-state index >= 15 is 0 Å². The van der Waals surface area contributed by atoms with Gasteiger partial charge in [0, 0.05) is 37.7 Å². The number of aliphatic imine (C=N–C) groups is 1. The Morgan fingerprint density at radius 1 is 1.19 bits per heavy atom. The Morgan fingerprint density at radius 2 is 1.91 bits per heavy atom. The zero-order chi connectivity index (χ0) is 23.3. The van der Waals surface area contributed by atoms with Crippen molar-refractivity contribution in [2.75, 3.05) is 33.2 Å². The summed E-state index contributed by atoms with van der Waals surface area (Å²) in [6.45, 7) is 17.0. The first-order valence-corrected chi connectivity index (χ1v) is 12.5. The van der Waals surface area contributed by atoms with Gasteiger partial charge in [-0.1, -0.05) is 64.5 Å². The van der Waals surface area contributed by atoms with E-state index in [-0.39, 0.29) is 5.92 Å². The summed E-state index contributed by atoms with van der Waals surface area (Å²) in [6, 6.07) is 4.59. The minimum Gasteiger partial charge on any atom is -0.353 e. The molecule has 1 aromatic carbocycles. The van der Waals surface area contributed by atoms with Crippen LogP contribution in [0.2, 0.25) is 0 Å². The SMILES string of the molecule is C=C(C)c1c(CCC)ccc2c1N=C(N1CCN(C)CC1)C(=N)C(C)C(/C=C/CCC)C2. The zero-order valence-electron chi connectivity index (χ0n) is 20.9. The molecule has 2 heterocycles. The molecule has 0 saturated carbocycles. The fourth-order valence-corrected chi connectivity index (χ4v) is 4.87. The van der Waals surface area contributed by atoms with Crippen LogP contribution in [0.4, 0.5) is 5.69 Å². The van der Waals surface area contributed by atoms with Crippen LogP contribution >= 0.6 is 0 Å². The van der Waals surface area contributed by atoms with Crippen molar-refractivity contribution < 1.29 is 0 Å². The number of amidine groups is 1. The lowest BCUT2D eigenvalue weighted by Gasteiger charge is -2.37. The van der Waals surface area contributed by atoms with Crippen molar-refractivity contribution in [2.24, 2.45) is 16.8 Å². The Labute approximate surface area is 195 Å². The molecule has 0 amide bonds. The summed E-state index contributed by atoms with van der Waals surface area (Å²) in [6.07, 6.45) is 9.97. The van der Waals surface area contributed by atoms with Crippen molar-refractivity contribution in [2.45, 2.75) is 59.8 Å². The third-order valence-corrected chi connectivity index (χ3v) is 6.95. The number of aryl methyl sites for hydroxylation is 1. The van der Waals surface area contributed by atoms with Crippen LogP contribution in [0.15, 0.2) is 35.9 Å². The van der Waals surface area contributed by atoms with Gasteiger partial charge in [-0.15, -0.1) is 0 Å². The molecule has 0 aromatic heterocycles. The number of hydrogen-bond donors (Lipinski definition) is 1. The van der Waals surface area contributed by atoms with Gasteiger partial charge in [0.25, 0.3) is 0 Å². The molecular weight excluding hydrogens is 392 g/mol. The molecule has 2 aliphatic heterocycles. The molecule has 2 unspecified atom stereocenters. The van der Waals surface area contributed by atoms with Gasteiger partial charge < -0.3 is 15.2 Å². The van der Waals surface area contributed by atoms with Crippen LogP contribution in [-0.4, -0.2) is 54.6 Å². The summed E-state index contributed by atoms with van der Waals surface area (Å²) in [5.74, 6) is 1.32. The van der Waals surface area contributed by atoms with E-state index in [1.165, 1.54) is 16.7 Å². The topological polar surface area (TPSA) is 42.7 Å². The molecule has 2 atom stereocenters. The second-order valence-corrected chi connectivity index (χ2v) is 9.65. The maximum atomic E-state index is 9.20. The van der Waals surface area contributed by atoms with E-state index in [9.17, 15) is 5.41 Å². The van der Waals surface area contributed by atoms with Crippen molar-refractivity contribution in [3.05, 3.63) is 47.6 Å². The van der Waals surface area contributed by atoms with Crippen LogP contribution in [-0.2, 0) is 12.8 Å². The van der Waals surface area contributed by atoms with Crippen LogP contribution in [0.3, 0.4) is 0 Å². The highest BCUT2D eigenvalue weighted by Crippen LogP contribution is 2.38. The number of fused-ring (bicyclic) bond motifs is 1. The number of hydrogen-bond acceptors (Lipinski definition) is 4. The highest BCUT2D eigenvalue weighted by molar-refractivity contribution is 6.41. The Hall–Kier alpha value is -2.20. The number of unbranched alkanes of at least 4 members (excludes halogenated alkanes) is 1. The molecule has 0 aliphatic carbocycles. The maximum Gasteiger partial charge on any atom is 0.150 e. The third-order valence-electron chi connectivity index (χ3n) is 6.95. The number of likely N-dealkylation sites (N-methyl/N-ethyl adjacent to an activating group) is 1. The molecule has 4 nitrogen and oxygen atoms in total. The number of nitrogens with one attached hydrogen (secondary N) is 1. The van der Waals surface area contributed by atoms with Gasteiger partial charge in [-0.3, -0.25) is 0 Å². The monoisotopic (exact) mass is 434 g/mol. The van der Waals surface area contributed by atoms with Gasteiger partial charge in [0.1, 0.15) is 0 Å². The lowest BCUT2D eigenvalue weighted by atomic mass is 9.80. The normalized spacial score (nSPS) is 22.5. The Balaban J connectivity index is 2.17. The highest BCUT2D eigenvalue weighted by atomic mass is 15.3. The quantitative estimate of drug-likeness (QED) is 0.547. The fraction of sp³-hybridized carbons (Fsp3) is 0.571. The van der Waals surface area contributed by atoms with E-state index in [0.717, 1.165) is 75.4 Å². The van der Waals surface area contributed by atoms with Gasteiger partial charge in [-0.25, -0.2) is 4.99 Å². The van der Waals surface area contributed by atoms with Gasteiger partial charge in [0.05, 0.1) is 11.4 Å².